The fourth-order valence-electron chi connectivity index (χ4n) is 3.04. The molecule has 2 aliphatic heterocycles. The summed E-state index contributed by atoms with van der Waals surface area (Å²) in [5.41, 5.74) is -0.760. The second-order valence-corrected chi connectivity index (χ2v) is 5.98. The molecule has 2 N–H and O–H groups in total. The molecule has 20 heavy (non-hydrogen) atoms. The van der Waals surface area contributed by atoms with Gasteiger partial charge in [0.15, 0.2) is 0 Å². The minimum Gasteiger partial charge on any atom is -0.385 e. The summed E-state index contributed by atoms with van der Waals surface area (Å²) in [7, 11) is 0. The highest BCUT2D eigenvalue weighted by Gasteiger charge is 2.46. The quantitative estimate of drug-likeness (QED) is 0.824. The van der Waals surface area contributed by atoms with Crippen molar-refractivity contribution in [2.45, 2.75) is 56.8 Å². The summed E-state index contributed by atoms with van der Waals surface area (Å²) < 4.78 is 42.8. The molecule has 1 aromatic heterocycles. The third-order valence-electron chi connectivity index (χ3n) is 4.20. The first-order chi connectivity index (χ1) is 9.35. The van der Waals surface area contributed by atoms with Crippen molar-refractivity contribution in [1.82, 2.24) is 15.1 Å². The van der Waals surface area contributed by atoms with Crippen molar-refractivity contribution in [2.75, 3.05) is 6.67 Å². The number of aromatic nitrogens is 2. The summed E-state index contributed by atoms with van der Waals surface area (Å²) in [6.45, 7) is 1.05. The van der Waals surface area contributed by atoms with E-state index in [-0.39, 0.29) is 24.7 Å². The molecule has 2 atom stereocenters. The number of hydrogen-bond donors (Lipinski definition) is 2. The molecule has 7 heteroatoms. The Morgan fingerprint density at radius 2 is 2.20 bits per heavy atom. The van der Waals surface area contributed by atoms with Crippen molar-refractivity contribution in [3.8, 4) is 0 Å². The fraction of sp³-hybridized carbons (Fsp3) is 0.769. The lowest BCUT2D eigenvalue weighted by molar-refractivity contribution is -0.0472. The normalized spacial score (nSPS) is 32.4. The molecule has 1 aromatic rings. The van der Waals surface area contributed by atoms with Gasteiger partial charge in [-0.25, -0.2) is 4.39 Å². The van der Waals surface area contributed by atoms with E-state index in [1.165, 1.54) is 0 Å². The van der Waals surface area contributed by atoms with Crippen molar-refractivity contribution < 1.29 is 18.3 Å². The maximum atomic E-state index is 14.3. The molecule has 0 unspecified atom stereocenters. The molecule has 3 rings (SSSR count). The predicted molar refractivity (Wildman–Crippen MR) is 66.3 cm³/mol. The van der Waals surface area contributed by atoms with Crippen molar-refractivity contribution >= 4 is 0 Å². The van der Waals surface area contributed by atoms with Gasteiger partial charge in [0.2, 0.25) is 0 Å². The smallest absolute Gasteiger partial charge is 0.289 e. The number of nitrogens with one attached hydrogen (secondary N) is 1. The lowest BCUT2D eigenvalue weighted by atomic mass is 9.95. The molecule has 0 amide bonds. The Morgan fingerprint density at radius 3 is 2.90 bits per heavy atom. The van der Waals surface area contributed by atoms with Crippen LogP contribution in [0, 0.1) is 0 Å². The van der Waals surface area contributed by atoms with Gasteiger partial charge in [0.1, 0.15) is 18.0 Å². The number of aliphatic hydroxyl groups is 1. The van der Waals surface area contributed by atoms with E-state index in [0.717, 1.165) is 4.68 Å². The van der Waals surface area contributed by atoms with E-state index in [9.17, 15) is 18.3 Å². The molecule has 0 fully saturated rings. The third-order valence-corrected chi connectivity index (χ3v) is 4.20. The van der Waals surface area contributed by atoms with Gasteiger partial charge in [0.25, 0.3) is 5.92 Å². The zero-order chi connectivity index (χ0) is 14.5. The zero-order valence-electron chi connectivity index (χ0n) is 11.3. The summed E-state index contributed by atoms with van der Waals surface area (Å²) in [6, 6.07) is 0.176. The minimum absolute atomic E-state index is 0.156. The van der Waals surface area contributed by atoms with Crippen LogP contribution in [-0.2, 0) is 25.4 Å². The number of fused-ring (bicyclic) bond motifs is 3. The molecular weight excluding hydrogens is 271 g/mol. The molecule has 4 nitrogen and oxygen atoms in total. The van der Waals surface area contributed by atoms with Crippen LogP contribution in [-0.4, -0.2) is 33.2 Å². The lowest BCUT2D eigenvalue weighted by Crippen LogP contribution is -2.36. The second kappa shape index (κ2) is 4.46. The number of hydrogen-bond acceptors (Lipinski definition) is 3. The highest BCUT2D eigenvalue weighted by atomic mass is 19.3. The van der Waals surface area contributed by atoms with Gasteiger partial charge < -0.3 is 10.4 Å². The van der Waals surface area contributed by atoms with Crippen molar-refractivity contribution in [3.63, 3.8) is 0 Å². The van der Waals surface area contributed by atoms with Gasteiger partial charge in [-0.1, -0.05) is 0 Å². The van der Waals surface area contributed by atoms with Crippen molar-refractivity contribution in [1.29, 1.82) is 0 Å². The van der Waals surface area contributed by atoms with Crippen LogP contribution in [0.4, 0.5) is 13.2 Å². The van der Waals surface area contributed by atoms with E-state index in [0.29, 0.717) is 24.2 Å². The number of halogens is 3. The van der Waals surface area contributed by atoms with E-state index in [2.05, 4.69) is 10.4 Å². The summed E-state index contributed by atoms with van der Waals surface area (Å²) in [4.78, 5) is 0. The number of alkyl halides is 3. The molecule has 0 saturated carbocycles. The van der Waals surface area contributed by atoms with Gasteiger partial charge in [-0.2, -0.15) is 13.9 Å². The molecule has 0 radical (unpaired) electrons. The summed E-state index contributed by atoms with van der Waals surface area (Å²) in [5.74, 6) is -3.08. The largest absolute Gasteiger partial charge is 0.385 e. The van der Waals surface area contributed by atoms with E-state index >= 15 is 0 Å². The van der Waals surface area contributed by atoms with Crippen LogP contribution in [0.2, 0.25) is 0 Å². The Bertz CT molecular complexity index is 531. The molecule has 112 valence electrons. The van der Waals surface area contributed by atoms with Gasteiger partial charge in [0, 0.05) is 31.0 Å². The Morgan fingerprint density at radius 1 is 1.45 bits per heavy atom. The minimum atomic E-state index is -3.08. The maximum absolute atomic E-state index is 14.3. The molecule has 0 aliphatic carbocycles. The van der Waals surface area contributed by atoms with Gasteiger partial charge >= 0.3 is 0 Å². The lowest BCUT2D eigenvalue weighted by Gasteiger charge is -2.23. The summed E-state index contributed by atoms with van der Waals surface area (Å²) >= 11 is 0. The topological polar surface area (TPSA) is 50.1 Å². The standard InChI is InChI=1S/C13H18F3N3O/c1-8-4-10-9(5-17-8)11-13(15,16)3-2-12(20,6-14)7-19(11)18-10/h8,17,20H,2-7H2,1H3/t8-,12+/m1/s1. The Balaban J connectivity index is 2.09. The van der Waals surface area contributed by atoms with E-state index in [4.69, 9.17) is 0 Å². The SMILES string of the molecule is C[C@@H]1Cc2nn3c(c2CN1)C(F)(F)CC[C@](O)(CF)C3. The van der Waals surface area contributed by atoms with E-state index in [1.54, 1.807) is 0 Å². The predicted octanol–water partition coefficient (Wildman–Crippen LogP) is 1.50. The van der Waals surface area contributed by atoms with Crippen LogP contribution in [0.15, 0.2) is 0 Å². The van der Waals surface area contributed by atoms with E-state index in [1.807, 2.05) is 6.92 Å². The maximum Gasteiger partial charge on any atom is 0.289 e. The number of nitrogens with zero attached hydrogens (tertiary/aromatic N) is 2. The summed E-state index contributed by atoms with van der Waals surface area (Å²) in [5, 5.41) is 17.4. The highest BCUT2D eigenvalue weighted by molar-refractivity contribution is 5.33. The average Bonchev–Trinajstić information content (AvgIpc) is 2.69. The zero-order valence-corrected chi connectivity index (χ0v) is 11.3. The van der Waals surface area contributed by atoms with Crippen LogP contribution in [0.5, 0.6) is 0 Å². The average molecular weight is 289 g/mol. The molecular formula is C13H18F3N3O. The monoisotopic (exact) mass is 289 g/mol. The van der Waals surface area contributed by atoms with Crippen LogP contribution in [0.3, 0.4) is 0 Å². The Labute approximate surface area is 115 Å². The first-order valence-corrected chi connectivity index (χ1v) is 6.83. The van der Waals surface area contributed by atoms with Crippen LogP contribution >= 0.6 is 0 Å². The molecule has 2 aliphatic rings. The first-order valence-electron chi connectivity index (χ1n) is 6.83. The van der Waals surface area contributed by atoms with Gasteiger partial charge in [-0.05, 0) is 13.3 Å². The molecule has 0 bridgehead atoms. The highest BCUT2D eigenvalue weighted by Crippen LogP contribution is 2.42. The van der Waals surface area contributed by atoms with Gasteiger partial charge in [0.05, 0.1) is 12.2 Å². The van der Waals surface area contributed by atoms with Crippen LogP contribution < -0.4 is 5.32 Å². The molecule has 0 spiro atoms. The summed E-state index contributed by atoms with van der Waals surface area (Å²) in [6.07, 6.45) is -0.251. The van der Waals surface area contributed by atoms with Gasteiger partial charge in [-0.3, -0.25) is 4.68 Å². The Kier molecular flexibility index (Phi) is 3.10. The third kappa shape index (κ3) is 2.13. The van der Waals surface area contributed by atoms with Crippen molar-refractivity contribution in [2.24, 2.45) is 0 Å². The second-order valence-electron chi connectivity index (χ2n) is 5.98. The fourth-order valence-corrected chi connectivity index (χ4v) is 3.04. The van der Waals surface area contributed by atoms with Crippen molar-refractivity contribution in [3.05, 3.63) is 17.0 Å². The van der Waals surface area contributed by atoms with E-state index < -0.39 is 24.6 Å². The Hall–Kier alpha value is -1.08. The molecule has 3 heterocycles. The number of rotatable bonds is 1. The van der Waals surface area contributed by atoms with Crippen LogP contribution in [0.1, 0.15) is 36.7 Å². The molecule has 0 aromatic carbocycles. The van der Waals surface area contributed by atoms with Gasteiger partial charge in [-0.15, -0.1) is 0 Å². The van der Waals surface area contributed by atoms with Crippen LogP contribution in [0.25, 0.3) is 0 Å². The first kappa shape index (κ1) is 13.9. The molecule has 0 saturated heterocycles.